The molecular formula is C20H23N3O4. The number of nitro benzene ring substituents is 1. The minimum atomic E-state index is -0.525. The van der Waals surface area contributed by atoms with E-state index in [0.29, 0.717) is 5.56 Å². The Kier molecular flexibility index (Phi) is 7.49. The van der Waals surface area contributed by atoms with Gasteiger partial charge in [0.25, 0.3) is 11.6 Å². The van der Waals surface area contributed by atoms with E-state index < -0.39 is 4.92 Å². The zero-order valence-corrected chi connectivity index (χ0v) is 15.2. The normalized spacial score (nSPS) is 10.3. The number of hydrogen-bond donors (Lipinski definition) is 2. The molecule has 0 aromatic heterocycles. The molecule has 2 aromatic carbocycles. The van der Waals surface area contributed by atoms with Crippen LogP contribution in [0.5, 0.6) is 0 Å². The van der Waals surface area contributed by atoms with Crippen LogP contribution in [0.4, 0.5) is 11.4 Å². The van der Waals surface area contributed by atoms with E-state index in [4.69, 9.17) is 0 Å². The molecule has 0 radical (unpaired) electrons. The number of nitro groups is 1. The largest absolute Gasteiger partial charge is 0.352 e. The number of non-ortho nitro benzene ring substituents is 1. The fourth-order valence-electron chi connectivity index (χ4n) is 2.49. The average molecular weight is 369 g/mol. The maximum absolute atomic E-state index is 12.0. The molecular weight excluding hydrogens is 346 g/mol. The summed E-state index contributed by atoms with van der Waals surface area (Å²) in [6, 6.07) is 13.1. The van der Waals surface area contributed by atoms with Crippen molar-refractivity contribution < 1.29 is 14.5 Å². The molecule has 27 heavy (non-hydrogen) atoms. The number of amides is 2. The molecule has 0 heterocycles. The third-order valence-electron chi connectivity index (χ3n) is 4.03. The molecule has 0 bridgehead atoms. The number of carbonyl (C=O) groups excluding carboxylic acids is 2. The minimum absolute atomic E-state index is 0.0772. The SMILES string of the molecule is CCCCc1ccc(NC(=O)CCNC(=O)c2ccc([N+](=O)[O-])cc2)cc1. The molecule has 142 valence electrons. The van der Waals surface area contributed by atoms with Gasteiger partial charge in [0.15, 0.2) is 0 Å². The highest BCUT2D eigenvalue weighted by Gasteiger charge is 2.10. The summed E-state index contributed by atoms with van der Waals surface area (Å²) in [4.78, 5) is 34.0. The predicted octanol–water partition coefficient (Wildman–Crippen LogP) is 3.70. The lowest BCUT2D eigenvalue weighted by Gasteiger charge is -2.08. The van der Waals surface area contributed by atoms with Gasteiger partial charge in [0.05, 0.1) is 4.92 Å². The lowest BCUT2D eigenvalue weighted by atomic mass is 10.1. The van der Waals surface area contributed by atoms with E-state index in [-0.39, 0.29) is 30.5 Å². The third kappa shape index (κ3) is 6.54. The number of nitrogens with zero attached hydrogens (tertiary/aromatic N) is 1. The Balaban J connectivity index is 1.75. The van der Waals surface area contributed by atoms with Crippen LogP contribution in [0.25, 0.3) is 0 Å². The van der Waals surface area contributed by atoms with Crippen molar-refractivity contribution in [3.63, 3.8) is 0 Å². The molecule has 2 aromatic rings. The van der Waals surface area contributed by atoms with Crippen LogP contribution in [-0.4, -0.2) is 23.3 Å². The molecule has 0 atom stereocenters. The monoisotopic (exact) mass is 369 g/mol. The Morgan fingerprint density at radius 3 is 2.30 bits per heavy atom. The van der Waals surface area contributed by atoms with Gasteiger partial charge in [0, 0.05) is 36.3 Å². The van der Waals surface area contributed by atoms with Gasteiger partial charge in [0.1, 0.15) is 0 Å². The summed E-state index contributed by atoms with van der Waals surface area (Å²) >= 11 is 0. The standard InChI is InChI=1S/C20H23N3O4/c1-2-3-4-15-5-9-17(10-6-15)22-19(24)13-14-21-20(25)16-7-11-18(12-8-16)23(26)27/h5-12H,2-4,13-14H2,1H3,(H,21,25)(H,22,24). The zero-order chi connectivity index (χ0) is 19.6. The summed E-state index contributed by atoms with van der Waals surface area (Å²) in [6.07, 6.45) is 3.44. The van der Waals surface area contributed by atoms with Crippen molar-refractivity contribution in [1.82, 2.24) is 5.32 Å². The van der Waals surface area contributed by atoms with Crippen LogP contribution in [0, 0.1) is 10.1 Å². The second kappa shape index (κ2) is 10.1. The van der Waals surface area contributed by atoms with Gasteiger partial charge < -0.3 is 10.6 Å². The first-order valence-corrected chi connectivity index (χ1v) is 8.91. The third-order valence-corrected chi connectivity index (χ3v) is 4.03. The van der Waals surface area contributed by atoms with Crippen LogP contribution in [0.3, 0.4) is 0 Å². The Morgan fingerprint density at radius 2 is 1.70 bits per heavy atom. The number of unbranched alkanes of at least 4 members (excludes halogenated alkanes) is 1. The second-order valence-corrected chi connectivity index (χ2v) is 6.16. The predicted molar refractivity (Wildman–Crippen MR) is 104 cm³/mol. The highest BCUT2D eigenvalue weighted by atomic mass is 16.6. The molecule has 0 spiro atoms. The first-order chi connectivity index (χ1) is 13.0. The van der Waals surface area contributed by atoms with E-state index >= 15 is 0 Å². The number of aryl methyl sites for hydroxylation is 1. The van der Waals surface area contributed by atoms with Crippen LogP contribution in [0.2, 0.25) is 0 Å². The molecule has 2 rings (SSSR count). The summed E-state index contributed by atoms with van der Waals surface area (Å²) < 4.78 is 0. The van der Waals surface area contributed by atoms with E-state index in [2.05, 4.69) is 17.6 Å². The maximum Gasteiger partial charge on any atom is 0.269 e. The average Bonchev–Trinajstić information content (AvgIpc) is 2.67. The smallest absolute Gasteiger partial charge is 0.269 e. The van der Waals surface area contributed by atoms with Gasteiger partial charge in [-0.2, -0.15) is 0 Å². The van der Waals surface area contributed by atoms with Crippen molar-refractivity contribution in [2.24, 2.45) is 0 Å². The number of anilines is 1. The second-order valence-electron chi connectivity index (χ2n) is 6.16. The number of nitrogens with one attached hydrogen (secondary N) is 2. The molecule has 0 aliphatic rings. The van der Waals surface area contributed by atoms with Crippen LogP contribution >= 0.6 is 0 Å². The van der Waals surface area contributed by atoms with Gasteiger partial charge in [-0.25, -0.2) is 0 Å². The molecule has 0 aliphatic heterocycles. The Hall–Kier alpha value is -3.22. The molecule has 0 fully saturated rings. The molecule has 7 heteroatoms. The van der Waals surface area contributed by atoms with E-state index in [1.807, 2.05) is 24.3 Å². The lowest BCUT2D eigenvalue weighted by Crippen LogP contribution is -2.27. The number of carbonyl (C=O) groups is 2. The summed E-state index contributed by atoms with van der Waals surface area (Å²) in [5, 5.41) is 16.0. The molecule has 0 aliphatic carbocycles. The number of rotatable bonds is 9. The van der Waals surface area contributed by atoms with Crippen molar-refractivity contribution in [1.29, 1.82) is 0 Å². The first-order valence-electron chi connectivity index (χ1n) is 8.91. The summed E-state index contributed by atoms with van der Waals surface area (Å²) in [5.41, 5.74) is 2.20. The highest BCUT2D eigenvalue weighted by molar-refractivity contribution is 5.95. The topological polar surface area (TPSA) is 101 Å². The van der Waals surface area contributed by atoms with Gasteiger partial charge in [-0.1, -0.05) is 25.5 Å². The van der Waals surface area contributed by atoms with Crippen LogP contribution in [0.1, 0.15) is 42.1 Å². The van der Waals surface area contributed by atoms with E-state index in [0.717, 1.165) is 24.9 Å². The van der Waals surface area contributed by atoms with Crippen LogP contribution in [0.15, 0.2) is 48.5 Å². The Morgan fingerprint density at radius 1 is 1.04 bits per heavy atom. The van der Waals surface area contributed by atoms with Crippen LogP contribution in [-0.2, 0) is 11.2 Å². The number of benzene rings is 2. The van der Waals surface area contributed by atoms with Crippen molar-refractivity contribution in [2.75, 3.05) is 11.9 Å². The van der Waals surface area contributed by atoms with Gasteiger partial charge in [0.2, 0.25) is 5.91 Å². The number of hydrogen-bond acceptors (Lipinski definition) is 4. The maximum atomic E-state index is 12.0. The van der Waals surface area contributed by atoms with Gasteiger partial charge in [-0.05, 0) is 42.7 Å². The van der Waals surface area contributed by atoms with Gasteiger partial charge in [-0.15, -0.1) is 0 Å². The zero-order valence-electron chi connectivity index (χ0n) is 15.2. The minimum Gasteiger partial charge on any atom is -0.352 e. The van der Waals surface area contributed by atoms with Gasteiger partial charge >= 0.3 is 0 Å². The summed E-state index contributed by atoms with van der Waals surface area (Å²) in [6.45, 7) is 2.32. The van der Waals surface area contributed by atoms with Gasteiger partial charge in [-0.3, -0.25) is 19.7 Å². The molecule has 0 saturated heterocycles. The van der Waals surface area contributed by atoms with Crippen molar-refractivity contribution in [2.45, 2.75) is 32.6 Å². The molecule has 2 N–H and O–H groups in total. The Labute approximate surface area is 157 Å². The van der Waals surface area contributed by atoms with E-state index in [1.165, 1.54) is 29.8 Å². The van der Waals surface area contributed by atoms with E-state index in [9.17, 15) is 19.7 Å². The first kappa shape index (κ1) is 20.1. The molecule has 7 nitrogen and oxygen atoms in total. The molecule has 0 saturated carbocycles. The van der Waals surface area contributed by atoms with Crippen molar-refractivity contribution >= 4 is 23.2 Å². The molecule has 2 amide bonds. The summed E-state index contributed by atoms with van der Waals surface area (Å²) in [5.74, 6) is -0.571. The fraction of sp³-hybridized carbons (Fsp3) is 0.300. The van der Waals surface area contributed by atoms with E-state index in [1.54, 1.807) is 0 Å². The lowest BCUT2D eigenvalue weighted by molar-refractivity contribution is -0.384. The van der Waals surface area contributed by atoms with Crippen LogP contribution < -0.4 is 10.6 Å². The van der Waals surface area contributed by atoms with Crippen molar-refractivity contribution in [3.8, 4) is 0 Å². The highest BCUT2D eigenvalue weighted by Crippen LogP contribution is 2.13. The Bertz CT molecular complexity index is 786. The van der Waals surface area contributed by atoms with Crippen molar-refractivity contribution in [3.05, 3.63) is 69.8 Å². The quantitative estimate of drug-likeness (QED) is 0.520. The molecule has 0 unspecified atom stereocenters. The fourth-order valence-corrected chi connectivity index (χ4v) is 2.49. The summed E-state index contributed by atoms with van der Waals surface area (Å²) in [7, 11) is 0.